The molecule has 2 heterocycles. The van der Waals surface area contributed by atoms with Gasteiger partial charge in [0.05, 0.1) is 0 Å². The molecule has 0 aliphatic rings. The standard InChI is InChI=1S/C61H37N3Se/c1-4-19-38(20-5-1)54-42-25-10-12-27-44(42)55(45-28-13-11-26-43(45)54)41-35-36-52-51(37-41)57-50(33-18-34-53(57)65-52)56-46-29-14-16-31-48(46)58(49-32-17-15-30-47(49)56)61-63-59(39-21-6-2-7-22-39)62-60(64-61)40-23-8-3-9-24-40/h1-37H. The summed E-state index contributed by atoms with van der Waals surface area (Å²) in [5, 5.41) is 12.3. The zero-order valence-corrected chi connectivity index (χ0v) is 36.8. The third kappa shape index (κ3) is 6.14. The molecule has 0 saturated heterocycles. The molecule has 0 bridgehead atoms. The first kappa shape index (κ1) is 37.5. The zero-order chi connectivity index (χ0) is 42.8. The van der Waals surface area contributed by atoms with E-state index in [1.807, 2.05) is 36.4 Å². The maximum atomic E-state index is 5.27. The Morgan fingerprint density at radius 2 is 0.646 bits per heavy atom. The molecule has 3 nitrogen and oxygen atoms in total. The number of hydrogen-bond donors (Lipinski definition) is 0. The van der Waals surface area contributed by atoms with Crippen LogP contribution in [0, 0.1) is 0 Å². The van der Waals surface area contributed by atoms with Gasteiger partial charge in [-0.25, -0.2) is 0 Å². The molecular formula is C61H37N3Se. The van der Waals surface area contributed by atoms with Crippen LogP contribution in [0.3, 0.4) is 0 Å². The van der Waals surface area contributed by atoms with Crippen molar-refractivity contribution in [3.63, 3.8) is 0 Å². The van der Waals surface area contributed by atoms with Crippen LogP contribution in [0.25, 0.3) is 130 Å². The van der Waals surface area contributed by atoms with Crippen molar-refractivity contribution < 1.29 is 0 Å². The summed E-state index contributed by atoms with van der Waals surface area (Å²) in [6, 6.07) is 81.0. The maximum absolute atomic E-state index is 5.27. The van der Waals surface area contributed by atoms with Gasteiger partial charge in [-0.2, -0.15) is 0 Å². The van der Waals surface area contributed by atoms with Crippen LogP contribution in [0.2, 0.25) is 0 Å². The number of rotatable bonds is 6. The predicted molar refractivity (Wildman–Crippen MR) is 274 cm³/mol. The van der Waals surface area contributed by atoms with Crippen LogP contribution >= 0.6 is 0 Å². The van der Waals surface area contributed by atoms with E-state index < -0.39 is 0 Å². The summed E-state index contributed by atoms with van der Waals surface area (Å²) >= 11 is 0.151. The average molecular weight is 891 g/mol. The van der Waals surface area contributed by atoms with Crippen molar-refractivity contribution in [1.29, 1.82) is 0 Å². The fraction of sp³-hybridized carbons (Fsp3) is 0. The van der Waals surface area contributed by atoms with E-state index in [0.29, 0.717) is 17.5 Å². The Morgan fingerprint density at radius 3 is 1.14 bits per heavy atom. The molecule has 11 aromatic carbocycles. The summed E-state index contributed by atoms with van der Waals surface area (Å²) in [5.41, 5.74) is 10.4. The van der Waals surface area contributed by atoms with Crippen LogP contribution in [0.15, 0.2) is 224 Å². The summed E-state index contributed by atoms with van der Waals surface area (Å²) in [5.74, 6) is 1.96. The summed E-state index contributed by atoms with van der Waals surface area (Å²) in [6.07, 6.45) is 0. The average Bonchev–Trinajstić information content (AvgIpc) is 3.76. The van der Waals surface area contributed by atoms with Crippen LogP contribution < -0.4 is 0 Å². The van der Waals surface area contributed by atoms with Gasteiger partial charge in [-0.3, -0.25) is 0 Å². The number of fused-ring (bicyclic) bond motifs is 7. The van der Waals surface area contributed by atoms with Gasteiger partial charge in [0.1, 0.15) is 0 Å². The molecule has 0 fully saturated rings. The molecular weight excluding hydrogens is 854 g/mol. The topological polar surface area (TPSA) is 38.7 Å². The zero-order valence-electron chi connectivity index (χ0n) is 35.1. The van der Waals surface area contributed by atoms with E-state index in [9.17, 15) is 0 Å². The van der Waals surface area contributed by atoms with E-state index in [-0.39, 0.29) is 14.5 Å². The van der Waals surface area contributed by atoms with Gasteiger partial charge in [-0.15, -0.1) is 0 Å². The Labute approximate surface area is 381 Å². The van der Waals surface area contributed by atoms with Crippen molar-refractivity contribution in [2.75, 3.05) is 0 Å². The Hall–Kier alpha value is -8.01. The monoisotopic (exact) mass is 891 g/mol. The number of aromatic nitrogens is 3. The molecule has 0 N–H and O–H groups in total. The number of hydrogen-bond acceptors (Lipinski definition) is 3. The van der Waals surface area contributed by atoms with E-state index in [2.05, 4.69) is 188 Å². The Morgan fingerprint density at radius 1 is 0.246 bits per heavy atom. The van der Waals surface area contributed by atoms with Crippen molar-refractivity contribution in [1.82, 2.24) is 15.0 Å². The van der Waals surface area contributed by atoms with Gasteiger partial charge >= 0.3 is 347 Å². The second-order valence-corrected chi connectivity index (χ2v) is 18.9. The van der Waals surface area contributed by atoms with E-state index in [1.165, 1.54) is 85.0 Å². The van der Waals surface area contributed by atoms with Crippen molar-refractivity contribution in [2.24, 2.45) is 0 Å². The Bertz CT molecular complexity index is 3820. The SMILES string of the molecule is c1ccc(-c2nc(-c3ccccc3)nc(-c3c4ccccc4c(-c4cccc5[se]c6ccc(-c7c8ccccc8c(-c8ccccc8)c8ccccc78)cc6c45)c4ccccc34)n2)cc1. The van der Waals surface area contributed by atoms with Gasteiger partial charge in [0.25, 0.3) is 0 Å². The molecule has 13 aromatic rings. The minimum atomic E-state index is 0.151. The second kappa shape index (κ2) is 15.4. The smallest absolute Gasteiger partial charge is 0.0615 e. The molecule has 0 atom stereocenters. The fourth-order valence-corrected chi connectivity index (χ4v) is 12.5. The molecule has 0 spiro atoms. The van der Waals surface area contributed by atoms with Crippen LogP contribution in [0.1, 0.15) is 0 Å². The van der Waals surface area contributed by atoms with E-state index in [1.54, 1.807) is 0 Å². The molecule has 302 valence electrons. The fourth-order valence-electron chi connectivity index (χ4n) is 10.1. The summed E-state index contributed by atoms with van der Waals surface area (Å²) in [7, 11) is 0. The van der Waals surface area contributed by atoms with Gasteiger partial charge < -0.3 is 0 Å². The van der Waals surface area contributed by atoms with Crippen LogP contribution in [-0.4, -0.2) is 29.5 Å². The van der Waals surface area contributed by atoms with Gasteiger partial charge in [0, 0.05) is 0 Å². The Balaban J connectivity index is 1.07. The molecule has 0 unspecified atom stereocenters. The van der Waals surface area contributed by atoms with Crippen molar-refractivity contribution in [3.8, 4) is 67.5 Å². The van der Waals surface area contributed by atoms with Crippen LogP contribution in [0.5, 0.6) is 0 Å². The van der Waals surface area contributed by atoms with Gasteiger partial charge in [0.15, 0.2) is 0 Å². The molecule has 0 amide bonds. The number of benzene rings is 11. The third-order valence-electron chi connectivity index (χ3n) is 12.9. The predicted octanol–water partition coefficient (Wildman–Crippen LogP) is 15.8. The third-order valence-corrected chi connectivity index (χ3v) is 15.3. The normalized spacial score (nSPS) is 11.7. The van der Waals surface area contributed by atoms with Gasteiger partial charge in [0.2, 0.25) is 0 Å². The van der Waals surface area contributed by atoms with E-state index in [4.69, 9.17) is 15.0 Å². The van der Waals surface area contributed by atoms with Crippen LogP contribution in [0.4, 0.5) is 0 Å². The summed E-state index contributed by atoms with van der Waals surface area (Å²) in [6.45, 7) is 0. The molecule has 65 heavy (non-hydrogen) atoms. The van der Waals surface area contributed by atoms with Crippen molar-refractivity contribution in [2.45, 2.75) is 0 Å². The first-order valence-electron chi connectivity index (χ1n) is 22.0. The van der Waals surface area contributed by atoms with E-state index >= 15 is 0 Å². The van der Waals surface area contributed by atoms with Crippen molar-refractivity contribution >= 4 is 76.9 Å². The molecule has 0 aliphatic heterocycles. The summed E-state index contributed by atoms with van der Waals surface area (Å²) in [4.78, 5) is 15.6. The van der Waals surface area contributed by atoms with Gasteiger partial charge in [-0.1, -0.05) is 36.4 Å². The first-order chi connectivity index (χ1) is 32.3. The minimum absolute atomic E-state index is 0.151. The quantitative estimate of drug-likeness (QED) is 0.123. The van der Waals surface area contributed by atoms with Crippen molar-refractivity contribution in [3.05, 3.63) is 224 Å². The minimum Gasteiger partial charge on any atom is -0.0615 e. The Kier molecular flexibility index (Phi) is 8.87. The molecule has 0 aliphatic carbocycles. The molecule has 2 aromatic heterocycles. The van der Waals surface area contributed by atoms with Crippen LogP contribution in [-0.2, 0) is 0 Å². The molecule has 13 rings (SSSR count). The molecule has 0 saturated carbocycles. The first-order valence-corrected chi connectivity index (χ1v) is 23.7. The second-order valence-electron chi connectivity index (χ2n) is 16.6. The number of nitrogens with zero attached hydrogens (tertiary/aromatic N) is 3. The molecule has 4 heteroatoms. The molecule has 0 radical (unpaired) electrons. The van der Waals surface area contributed by atoms with Gasteiger partial charge in [-0.05, 0) is 0 Å². The van der Waals surface area contributed by atoms with E-state index in [0.717, 1.165) is 27.5 Å². The summed E-state index contributed by atoms with van der Waals surface area (Å²) < 4.78 is 2.82.